The van der Waals surface area contributed by atoms with E-state index in [1.54, 1.807) is 0 Å². The molecule has 1 heterocycles. The van der Waals surface area contributed by atoms with E-state index >= 15 is 0 Å². The van der Waals surface area contributed by atoms with E-state index in [1.807, 2.05) is 0 Å². The zero-order chi connectivity index (χ0) is 11.5. The molecule has 1 aromatic carbocycles. The molecule has 2 unspecified atom stereocenters. The lowest BCUT2D eigenvalue weighted by Gasteiger charge is -2.27. The molecule has 1 aliphatic heterocycles. The van der Waals surface area contributed by atoms with Crippen molar-refractivity contribution in [2.45, 2.75) is 17.7 Å². The summed E-state index contributed by atoms with van der Waals surface area (Å²) in [6.07, 6.45) is 1.95. The van der Waals surface area contributed by atoms with Gasteiger partial charge in [0.1, 0.15) is 11.6 Å². The Morgan fingerprint density at radius 3 is 2.88 bits per heavy atom. The third kappa shape index (κ3) is 2.61. The summed E-state index contributed by atoms with van der Waals surface area (Å²) in [4.78, 5) is -0.177. The fraction of sp³-hybridized carbons (Fsp3) is 0.500. The van der Waals surface area contributed by atoms with E-state index in [1.165, 1.54) is 12.1 Å². The fourth-order valence-electron chi connectivity index (χ4n) is 1.98. The number of hydrogen-bond donors (Lipinski definition) is 0. The minimum atomic E-state index is -0.405. The van der Waals surface area contributed by atoms with Crippen LogP contribution in [0.3, 0.4) is 0 Å². The molecule has 4 heteroatoms. The molecule has 1 fully saturated rings. The Morgan fingerprint density at radius 2 is 2.19 bits per heavy atom. The van der Waals surface area contributed by atoms with E-state index in [2.05, 4.69) is 15.9 Å². The first-order valence-corrected chi connectivity index (χ1v) is 6.27. The number of rotatable bonds is 2. The molecule has 0 radical (unpaired) electrons. The van der Waals surface area contributed by atoms with Gasteiger partial charge in [0, 0.05) is 17.0 Å². The number of ether oxygens (including phenoxy) is 1. The average molecular weight is 291 g/mol. The summed E-state index contributed by atoms with van der Waals surface area (Å²) in [5.74, 6) is -0.559. The van der Waals surface area contributed by atoms with Crippen LogP contribution in [0.5, 0.6) is 0 Å². The van der Waals surface area contributed by atoms with Gasteiger partial charge in [-0.1, -0.05) is 15.9 Å². The molecule has 0 amide bonds. The SMILES string of the molecule is Fc1ccc(F)c(C(Br)C2CCCOC2)c1. The number of benzene rings is 1. The van der Waals surface area contributed by atoms with E-state index in [9.17, 15) is 8.78 Å². The van der Waals surface area contributed by atoms with Crippen LogP contribution in [-0.2, 0) is 4.74 Å². The van der Waals surface area contributed by atoms with Crippen LogP contribution in [0.15, 0.2) is 18.2 Å². The summed E-state index contributed by atoms with van der Waals surface area (Å²) in [5.41, 5.74) is 0.385. The Hall–Kier alpha value is -0.480. The molecule has 0 N–H and O–H groups in total. The molecule has 2 atom stereocenters. The van der Waals surface area contributed by atoms with Crippen LogP contribution < -0.4 is 0 Å². The minimum Gasteiger partial charge on any atom is -0.381 e. The number of halogens is 3. The monoisotopic (exact) mass is 290 g/mol. The molecule has 0 saturated carbocycles. The summed E-state index contributed by atoms with van der Waals surface area (Å²) in [6.45, 7) is 1.37. The van der Waals surface area contributed by atoms with Gasteiger partial charge < -0.3 is 4.74 Å². The first-order chi connectivity index (χ1) is 7.68. The Bertz CT molecular complexity index is 364. The molecule has 88 valence electrons. The summed E-state index contributed by atoms with van der Waals surface area (Å²) in [7, 11) is 0. The van der Waals surface area contributed by atoms with Crippen LogP contribution in [0.2, 0.25) is 0 Å². The standard InChI is InChI=1S/C12H13BrF2O/c13-12(8-2-1-5-16-7-8)10-6-9(14)3-4-11(10)15/h3-4,6,8,12H,1-2,5,7H2. The van der Waals surface area contributed by atoms with Crippen molar-refractivity contribution >= 4 is 15.9 Å². The summed E-state index contributed by atoms with van der Waals surface area (Å²) in [6, 6.07) is 3.56. The van der Waals surface area contributed by atoms with E-state index in [0.29, 0.717) is 12.2 Å². The first kappa shape index (κ1) is 12.0. The van der Waals surface area contributed by atoms with Crippen molar-refractivity contribution in [2.75, 3.05) is 13.2 Å². The molecule has 0 aromatic heterocycles. The van der Waals surface area contributed by atoms with Gasteiger partial charge in [0.25, 0.3) is 0 Å². The molecule has 0 spiro atoms. The van der Waals surface area contributed by atoms with Gasteiger partial charge in [-0.2, -0.15) is 0 Å². The number of alkyl halides is 1. The number of hydrogen-bond acceptors (Lipinski definition) is 1. The van der Waals surface area contributed by atoms with E-state index in [-0.39, 0.29) is 16.6 Å². The van der Waals surface area contributed by atoms with Gasteiger partial charge in [0.15, 0.2) is 0 Å². The minimum absolute atomic E-state index is 0.177. The smallest absolute Gasteiger partial charge is 0.127 e. The van der Waals surface area contributed by atoms with Gasteiger partial charge in [-0.3, -0.25) is 0 Å². The van der Waals surface area contributed by atoms with Gasteiger partial charge in [-0.05, 0) is 37.0 Å². The normalized spacial score (nSPS) is 23.1. The van der Waals surface area contributed by atoms with Crippen LogP contribution in [0.4, 0.5) is 8.78 Å². The van der Waals surface area contributed by atoms with E-state index in [4.69, 9.17) is 4.74 Å². The lowest BCUT2D eigenvalue weighted by molar-refractivity contribution is 0.0543. The topological polar surface area (TPSA) is 9.23 Å². The van der Waals surface area contributed by atoms with Crippen LogP contribution in [0.25, 0.3) is 0 Å². The molecule has 1 aromatic rings. The summed E-state index contributed by atoms with van der Waals surface area (Å²) in [5, 5.41) is 0. The van der Waals surface area contributed by atoms with Crippen molar-refractivity contribution in [3.8, 4) is 0 Å². The van der Waals surface area contributed by atoms with Crippen molar-refractivity contribution in [3.63, 3.8) is 0 Å². The zero-order valence-electron chi connectivity index (χ0n) is 8.76. The van der Waals surface area contributed by atoms with Crippen molar-refractivity contribution in [3.05, 3.63) is 35.4 Å². The molecule has 0 aliphatic carbocycles. The van der Waals surface area contributed by atoms with Crippen molar-refractivity contribution in [1.29, 1.82) is 0 Å². The third-order valence-corrected chi connectivity index (χ3v) is 4.11. The Kier molecular flexibility index (Phi) is 3.92. The maximum atomic E-state index is 13.5. The molecule has 2 rings (SSSR count). The molecule has 0 bridgehead atoms. The van der Waals surface area contributed by atoms with Gasteiger partial charge in [-0.15, -0.1) is 0 Å². The second kappa shape index (κ2) is 5.23. The highest BCUT2D eigenvalue weighted by Crippen LogP contribution is 2.37. The summed E-state index contributed by atoms with van der Waals surface area (Å²) < 4.78 is 31.9. The highest BCUT2D eigenvalue weighted by Gasteiger charge is 2.25. The molecule has 1 nitrogen and oxygen atoms in total. The molecular formula is C12H13BrF2O. The fourth-order valence-corrected chi connectivity index (χ4v) is 2.74. The Balaban J connectivity index is 2.18. The van der Waals surface area contributed by atoms with Crippen LogP contribution in [-0.4, -0.2) is 13.2 Å². The Labute approximate surface area is 102 Å². The van der Waals surface area contributed by atoms with Crippen molar-refractivity contribution in [1.82, 2.24) is 0 Å². The van der Waals surface area contributed by atoms with E-state index < -0.39 is 5.82 Å². The van der Waals surface area contributed by atoms with Gasteiger partial charge in [-0.25, -0.2) is 8.78 Å². The average Bonchev–Trinajstić information content (AvgIpc) is 2.32. The first-order valence-electron chi connectivity index (χ1n) is 5.35. The molecular weight excluding hydrogens is 278 g/mol. The largest absolute Gasteiger partial charge is 0.381 e. The molecule has 1 saturated heterocycles. The molecule has 1 aliphatic rings. The third-order valence-electron chi connectivity index (χ3n) is 2.86. The van der Waals surface area contributed by atoms with Gasteiger partial charge >= 0.3 is 0 Å². The highest BCUT2D eigenvalue weighted by atomic mass is 79.9. The summed E-state index contributed by atoms with van der Waals surface area (Å²) >= 11 is 3.45. The maximum absolute atomic E-state index is 13.5. The molecule has 16 heavy (non-hydrogen) atoms. The predicted molar refractivity (Wildman–Crippen MR) is 61.6 cm³/mol. The van der Waals surface area contributed by atoms with Gasteiger partial charge in [0.2, 0.25) is 0 Å². The highest BCUT2D eigenvalue weighted by molar-refractivity contribution is 9.09. The van der Waals surface area contributed by atoms with E-state index in [0.717, 1.165) is 25.5 Å². The van der Waals surface area contributed by atoms with Crippen molar-refractivity contribution < 1.29 is 13.5 Å². The zero-order valence-corrected chi connectivity index (χ0v) is 10.3. The maximum Gasteiger partial charge on any atom is 0.127 e. The lowest BCUT2D eigenvalue weighted by Crippen LogP contribution is -2.21. The van der Waals surface area contributed by atoms with Crippen LogP contribution in [0.1, 0.15) is 23.2 Å². The van der Waals surface area contributed by atoms with Crippen molar-refractivity contribution in [2.24, 2.45) is 5.92 Å². The lowest BCUT2D eigenvalue weighted by atomic mass is 9.94. The van der Waals surface area contributed by atoms with Gasteiger partial charge in [0.05, 0.1) is 6.61 Å². The Morgan fingerprint density at radius 1 is 1.38 bits per heavy atom. The van der Waals surface area contributed by atoms with Crippen LogP contribution in [0, 0.1) is 17.6 Å². The second-order valence-electron chi connectivity index (χ2n) is 4.04. The second-order valence-corrected chi connectivity index (χ2v) is 5.03. The quantitative estimate of drug-likeness (QED) is 0.752. The van der Waals surface area contributed by atoms with Crippen LogP contribution >= 0.6 is 15.9 Å². The predicted octanol–water partition coefficient (Wildman–Crippen LogP) is 3.83.